The molecule has 0 bridgehead atoms. The minimum atomic E-state index is -0.534. The van der Waals surface area contributed by atoms with Crippen LogP contribution >= 0.6 is 0 Å². The van der Waals surface area contributed by atoms with Crippen molar-refractivity contribution in [3.8, 4) is 17.7 Å². The van der Waals surface area contributed by atoms with Crippen molar-refractivity contribution in [2.75, 3.05) is 13.7 Å². The average molecular weight is 205 g/mol. The largest absolute Gasteiger partial charge is 0.481 e. The molecule has 0 unspecified atom stereocenters. The van der Waals surface area contributed by atoms with E-state index in [2.05, 4.69) is 21.6 Å². The van der Waals surface area contributed by atoms with Gasteiger partial charge in [0.2, 0.25) is 5.88 Å². The Morgan fingerprint density at radius 3 is 2.87 bits per heavy atom. The van der Waals surface area contributed by atoms with Crippen molar-refractivity contribution in [3.05, 3.63) is 23.9 Å². The lowest BCUT2D eigenvalue weighted by molar-refractivity contribution is -0.136. The zero-order chi connectivity index (χ0) is 11.1. The van der Waals surface area contributed by atoms with E-state index in [9.17, 15) is 4.79 Å². The number of aromatic nitrogens is 1. The van der Waals surface area contributed by atoms with Crippen LogP contribution in [-0.4, -0.2) is 24.7 Å². The van der Waals surface area contributed by atoms with Gasteiger partial charge in [0, 0.05) is 23.7 Å². The van der Waals surface area contributed by atoms with Crippen LogP contribution in [0.1, 0.15) is 12.5 Å². The number of hydrogen-bond donors (Lipinski definition) is 0. The number of methoxy groups -OCH3 is 1. The number of pyridine rings is 1. The van der Waals surface area contributed by atoms with Gasteiger partial charge in [0.15, 0.2) is 0 Å². The molecule has 0 aliphatic carbocycles. The summed E-state index contributed by atoms with van der Waals surface area (Å²) in [6.07, 6.45) is 1.53. The Bertz CT molecular complexity index is 387. The van der Waals surface area contributed by atoms with Crippen LogP contribution in [0.4, 0.5) is 0 Å². The number of rotatable bonds is 2. The molecule has 15 heavy (non-hydrogen) atoms. The fraction of sp³-hybridized carbons (Fsp3) is 0.273. The molecule has 0 amide bonds. The lowest BCUT2D eigenvalue weighted by atomic mass is 10.3. The topological polar surface area (TPSA) is 48.4 Å². The van der Waals surface area contributed by atoms with Crippen molar-refractivity contribution in [3.63, 3.8) is 0 Å². The Labute approximate surface area is 88.2 Å². The summed E-state index contributed by atoms with van der Waals surface area (Å²) in [6, 6.07) is 3.40. The van der Waals surface area contributed by atoms with E-state index in [-0.39, 0.29) is 0 Å². The van der Waals surface area contributed by atoms with Crippen LogP contribution in [0.5, 0.6) is 5.88 Å². The Balaban J connectivity index is 2.68. The first-order valence-electron chi connectivity index (χ1n) is 4.45. The van der Waals surface area contributed by atoms with Gasteiger partial charge >= 0.3 is 5.97 Å². The highest BCUT2D eigenvalue weighted by Crippen LogP contribution is 2.04. The highest BCUT2D eigenvalue weighted by molar-refractivity contribution is 5.89. The fourth-order valence-corrected chi connectivity index (χ4v) is 0.865. The quantitative estimate of drug-likeness (QED) is 0.534. The molecule has 0 spiro atoms. The maximum atomic E-state index is 10.9. The third kappa shape index (κ3) is 3.69. The van der Waals surface area contributed by atoms with Crippen LogP contribution < -0.4 is 4.74 Å². The van der Waals surface area contributed by atoms with Gasteiger partial charge in [0.1, 0.15) is 0 Å². The van der Waals surface area contributed by atoms with E-state index in [0.29, 0.717) is 18.1 Å². The molecule has 1 rings (SSSR count). The number of esters is 1. The summed E-state index contributed by atoms with van der Waals surface area (Å²) < 4.78 is 9.53. The van der Waals surface area contributed by atoms with E-state index in [1.807, 2.05) is 0 Å². The van der Waals surface area contributed by atoms with Gasteiger partial charge in [-0.3, -0.25) is 0 Å². The summed E-state index contributed by atoms with van der Waals surface area (Å²) in [4.78, 5) is 14.8. The Kier molecular flexibility index (Phi) is 4.17. The Hall–Kier alpha value is -2.02. The summed E-state index contributed by atoms with van der Waals surface area (Å²) >= 11 is 0. The summed E-state index contributed by atoms with van der Waals surface area (Å²) in [7, 11) is 1.53. The van der Waals surface area contributed by atoms with Gasteiger partial charge in [-0.2, -0.15) is 0 Å². The standard InChI is InChI=1S/C11H11NO3/c1-3-15-11(13)7-5-9-4-6-10(14-2)12-8-9/h4,6,8H,3H2,1-2H3. The first kappa shape index (κ1) is 11.1. The van der Waals surface area contributed by atoms with Gasteiger partial charge in [-0.15, -0.1) is 0 Å². The van der Waals surface area contributed by atoms with Gasteiger partial charge in [-0.25, -0.2) is 9.78 Å². The molecule has 1 heterocycles. The SMILES string of the molecule is CCOC(=O)C#Cc1ccc(OC)nc1. The van der Waals surface area contributed by atoms with Crippen LogP contribution in [0, 0.1) is 11.8 Å². The van der Waals surface area contributed by atoms with Crippen LogP contribution in [0.2, 0.25) is 0 Å². The monoisotopic (exact) mass is 205 g/mol. The van der Waals surface area contributed by atoms with Crippen molar-refractivity contribution < 1.29 is 14.3 Å². The lowest BCUT2D eigenvalue weighted by Crippen LogP contribution is -1.99. The third-order valence-corrected chi connectivity index (χ3v) is 1.53. The molecule has 0 N–H and O–H groups in total. The van der Waals surface area contributed by atoms with Crippen molar-refractivity contribution in [1.82, 2.24) is 4.98 Å². The smallest absolute Gasteiger partial charge is 0.384 e. The molecule has 0 fully saturated rings. The molecule has 0 saturated carbocycles. The second-order valence-corrected chi connectivity index (χ2v) is 2.56. The van der Waals surface area contributed by atoms with E-state index in [4.69, 9.17) is 4.74 Å². The molecular formula is C11H11NO3. The van der Waals surface area contributed by atoms with Crippen molar-refractivity contribution in [1.29, 1.82) is 0 Å². The molecule has 0 aliphatic rings. The minimum absolute atomic E-state index is 0.328. The maximum Gasteiger partial charge on any atom is 0.384 e. The third-order valence-electron chi connectivity index (χ3n) is 1.53. The molecule has 0 radical (unpaired) electrons. The first-order valence-corrected chi connectivity index (χ1v) is 4.45. The Morgan fingerprint density at radius 1 is 1.53 bits per heavy atom. The molecule has 0 atom stereocenters. The van der Waals surface area contributed by atoms with E-state index in [1.165, 1.54) is 13.3 Å². The van der Waals surface area contributed by atoms with Crippen LogP contribution in [0.15, 0.2) is 18.3 Å². The number of nitrogens with zero attached hydrogens (tertiary/aromatic N) is 1. The molecule has 0 saturated heterocycles. The second-order valence-electron chi connectivity index (χ2n) is 2.56. The normalized spacial score (nSPS) is 8.67. The zero-order valence-electron chi connectivity index (χ0n) is 8.61. The van der Waals surface area contributed by atoms with Crippen molar-refractivity contribution >= 4 is 5.97 Å². The molecule has 1 aromatic rings. The number of ether oxygens (including phenoxy) is 2. The highest BCUT2D eigenvalue weighted by atomic mass is 16.5. The van der Waals surface area contributed by atoms with Crippen molar-refractivity contribution in [2.45, 2.75) is 6.92 Å². The molecule has 0 aromatic carbocycles. The molecule has 4 heteroatoms. The van der Waals surface area contributed by atoms with Gasteiger partial charge in [-0.1, -0.05) is 5.92 Å². The number of carbonyl (C=O) groups is 1. The van der Waals surface area contributed by atoms with E-state index < -0.39 is 5.97 Å². The number of carbonyl (C=O) groups excluding carboxylic acids is 1. The molecule has 4 nitrogen and oxygen atoms in total. The van der Waals surface area contributed by atoms with Crippen LogP contribution in [0.3, 0.4) is 0 Å². The summed E-state index contributed by atoms with van der Waals surface area (Å²) in [5.41, 5.74) is 0.642. The van der Waals surface area contributed by atoms with Gasteiger partial charge in [-0.05, 0) is 13.0 Å². The number of hydrogen-bond acceptors (Lipinski definition) is 4. The molecule has 78 valence electrons. The Morgan fingerprint density at radius 2 is 2.33 bits per heavy atom. The van der Waals surface area contributed by atoms with E-state index >= 15 is 0 Å². The molecule has 1 aromatic heterocycles. The van der Waals surface area contributed by atoms with E-state index in [1.54, 1.807) is 19.1 Å². The lowest BCUT2D eigenvalue weighted by Gasteiger charge is -1.96. The zero-order valence-corrected chi connectivity index (χ0v) is 8.61. The van der Waals surface area contributed by atoms with E-state index in [0.717, 1.165) is 0 Å². The fourth-order valence-electron chi connectivity index (χ4n) is 0.865. The predicted octanol–water partition coefficient (Wildman–Crippen LogP) is 1.00. The summed E-state index contributed by atoms with van der Waals surface area (Å²) in [5, 5.41) is 0. The van der Waals surface area contributed by atoms with Gasteiger partial charge in [0.25, 0.3) is 0 Å². The average Bonchev–Trinajstić information content (AvgIpc) is 2.27. The summed E-state index contributed by atoms with van der Waals surface area (Å²) in [5.74, 6) is 4.96. The highest BCUT2D eigenvalue weighted by Gasteiger charge is 1.94. The first-order chi connectivity index (χ1) is 7.26. The maximum absolute atomic E-state index is 10.9. The van der Waals surface area contributed by atoms with Crippen molar-refractivity contribution in [2.24, 2.45) is 0 Å². The van der Waals surface area contributed by atoms with Gasteiger partial charge < -0.3 is 9.47 Å². The van der Waals surface area contributed by atoms with Gasteiger partial charge in [0.05, 0.1) is 13.7 Å². The molecular weight excluding hydrogens is 194 g/mol. The second kappa shape index (κ2) is 5.66. The minimum Gasteiger partial charge on any atom is -0.481 e. The van der Waals surface area contributed by atoms with Crippen LogP contribution in [-0.2, 0) is 9.53 Å². The summed E-state index contributed by atoms with van der Waals surface area (Å²) in [6.45, 7) is 2.06. The molecule has 0 aliphatic heterocycles. The predicted molar refractivity (Wildman–Crippen MR) is 54.3 cm³/mol. The van der Waals surface area contributed by atoms with Crippen LogP contribution in [0.25, 0.3) is 0 Å².